The Hall–Kier alpha value is 2.97. The molecule has 1 nitrogen and oxygen atoms in total. The molecule has 0 fully saturated rings. The van der Waals surface area contributed by atoms with Crippen LogP contribution < -0.4 is 0 Å². The Morgan fingerprint density at radius 1 is 0.800 bits per heavy atom. The maximum Gasteiger partial charge on any atom is 3.00 e. The van der Waals surface area contributed by atoms with Crippen LogP contribution in [-0.2, 0) is 40.8 Å². The van der Waals surface area contributed by atoms with Crippen LogP contribution in [0, 0.1) is 0 Å². The van der Waals surface area contributed by atoms with Crippen molar-refractivity contribution in [2.75, 3.05) is 0 Å². The molecule has 0 aliphatic heterocycles. The predicted molar refractivity (Wildman–Crippen MR) is 20.8 cm³/mol. The molecule has 0 saturated carbocycles. The summed E-state index contributed by atoms with van der Waals surface area (Å²) < 4.78 is 0. The Morgan fingerprint density at radius 2 is 0.800 bits per heavy atom. The van der Waals surface area contributed by atoms with Gasteiger partial charge in [-0.05, 0) is 0 Å². The maximum atomic E-state index is 0. The molecule has 0 heterocycles. The number of hydrogen-bond donors (Lipinski definition) is 0. The molecule has 0 bridgehead atoms. The van der Waals surface area contributed by atoms with Gasteiger partial charge in [-0.1, -0.05) is 0 Å². The minimum Gasteiger partial charge on any atom is -2.00 e. The average molecular weight is 391 g/mol. The smallest absolute Gasteiger partial charge is 2.00 e. The topological polar surface area (TPSA) is 30.0 Å². The average Bonchev–Trinajstić information content (AvgIpc) is 0. The molecule has 16 valence electrons. The van der Waals surface area contributed by atoms with Gasteiger partial charge in [-0.15, -0.1) is 0 Å². The van der Waals surface area contributed by atoms with E-state index in [1.165, 1.54) is 0 Å². The molecule has 0 atom stereocenters. The van der Waals surface area contributed by atoms with E-state index in [4.69, 9.17) is 0 Å². The fourth-order valence-electron chi connectivity index (χ4n) is 0. The third kappa shape index (κ3) is 19.5. The first-order valence-electron chi connectivity index (χ1n) is 0. The largest absolute Gasteiger partial charge is 3.00 e. The van der Waals surface area contributed by atoms with Gasteiger partial charge in [-0.3, -0.25) is 0 Å². The molecule has 0 aromatic rings. The van der Waals surface area contributed by atoms with Crippen LogP contribution in [0.1, 0.15) is 0 Å². The van der Waals surface area contributed by atoms with Gasteiger partial charge in [0, 0.05) is 0 Å². The summed E-state index contributed by atoms with van der Waals surface area (Å²) in [6.45, 7) is 0. The third-order valence-electron chi connectivity index (χ3n) is 0. The minimum atomic E-state index is 0. The first kappa shape index (κ1) is 43.9. The molecule has 0 spiro atoms. The summed E-state index contributed by atoms with van der Waals surface area (Å²) in [7, 11) is 0. The molecule has 0 aliphatic rings. The van der Waals surface area contributed by atoms with Crippen molar-refractivity contribution in [1.82, 2.24) is 0 Å². The summed E-state index contributed by atoms with van der Waals surface area (Å²) in [6, 6.07) is 0. The zero-order valence-electron chi connectivity index (χ0n) is 2.72. The van der Waals surface area contributed by atoms with Crippen LogP contribution >= 0.6 is 0 Å². The first-order chi connectivity index (χ1) is 0. The molecule has 1 N–H and O–H groups in total. The van der Waals surface area contributed by atoms with Crippen LogP contribution in [0.4, 0.5) is 0 Å². The number of rotatable bonds is 0. The second kappa shape index (κ2) is 28.1. The van der Waals surface area contributed by atoms with Crippen LogP contribution in [-0.4, -0.2) is 57.2 Å². The van der Waals surface area contributed by atoms with E-state index in [0.717, 1.165) is 0 Å². The normalized spacial score (nSPS) is 0. The molecule has 0 unspecified atom stereocenters. The van der Waals surface area contributed by atoms with Crippen LogP contribution in [0.3, 0.4) is 0 Å². The Labute approximate surface area is 96.1 Å². The van der Waals surface area contributed by atoms with Crippen molar-refractivity contribution < 1.29 is 32.8 Å². The summed E-state index contributed by atoms with van der Waals surface area (Å²) >= 11 is 0. The summed E-state index contributed by atoms with van der Waals surface area (Å²) in [5, 5.41) is 0. The molecule has 5 heteroatoms. The van der Waals surface area contributed by atoms with Gasteiger partial charge in [0.25, 0.3) is 0 Å². The quantitative estimate of drug-likeness (QED) is 0.491. The van der Waals surface area contributed by atoms with Crippen molar-refractivity contribution in [3.8, 4) is 0 Å². The van der Waals surface area contributed by atoms with Crippen LogP contribution in [0.2, 0.25) is 0 Å². The van der Waals surface area contributed by atoms with Gasteiger partial charge in [-0.25, -0.2) is 0 Å². The Morgan fingerprint density at radius 3 is 0.800 bits per heavy atom. The van der Waals surface area contributed by atoms with Gasteiger partial charge in [0.2, 0.25) is 0 Å². The van der Waals surface area contributed by atoms with Gasteiger partial charge < -0.3 is 19.0 Å². The van der Waals surface area contributed by atoms with Gasteiger partial charge in [-0.2, -0.15) is 0 Å². The third-order valence-corrected chi connectivity index (χ3v) is 0. The molecule has 0 saturated heterocycles. The van der Waals surface area contributed by atoms with E-state index < -0.39 is 0 Å². The van der Waals surface area contributed by atoms with Crippen LogP contribution in [0.15, 0.2) is 0 Å². The number of hydrogen-bond acceptors (Lipinski definition) is 1. The molecule has 0 aromatic carbocycles. The summed E-state index contributed by atoms with van der Waals surface area (Å²) in [4.78, 5) is 0. The first-order valence-corrected chi connectivity index (χ1v) is 0. The van der Waals surface area contributed by atoms with E-state index >= 15 is 0 Å². The van der Waals surface area contributed by atoms with E-state index in [-0.39, 0.29) is 98.0 Å². The molecule has 0 radical (unpaired) electrons. The second-order valence-corrected chi connectivity index (χ2v) is 0. The Bertz CT molecular complexity index is 9.61. The van der Waals surface area contributed by atoms with E-state index in [0.29, 0.717) is 0 Å². The molecule has 0 amide bonds. The summed E-state index contributed by atoms with van der Waals surface area (Å²) in [5.74, 6) is 0. The maximum absolute atomic E-state index is 0. The zero-order valence-corrected chi connectivity index (χ0v) is 14.2. The second-order valence-electron chi connectivity index (χ2n) is 0. The summed E-state index contributed by atoms with van der Waals surface area (Å²) in [5.41, 5.74) is 0. The van der Waals surface area contributed by atoms with E-state index in [1.807, 2.05) is 0 Å². The van der Waals surface area contributed by atoms with Crippen molar-refractivity contribution in [1.29, 1.82) is 0 Å². The molecule has 0 rings (SSSR count). The van der Waals surface area contributed by atoms with Gasteiger partial charge in [0.1, 0.15) is 0 Å². The van der Waals surface area contributed by atoms with Crippen LogP contribution in [0.5, 0.6) is 0 Å². The molecule has 5 heavy (non-hydrogen) atoms. The SMILES string of the molecule is [Cd+2].[In+3].[In+3].[OH-].[S-2]. The molecular formula is HCdIn2OS+5. The molecule has 0 aromatic heterocycles. The Balaban J connectivity index is 0. The molecule has 0 aliphatic carbocycles. The molecular weight excluding hydrogens is 390 g/mol. The van der Waals surface area contributed by atoms with E-state index in [1.54, 1.807) is 0 Å². The van der Waals surface area contributed by atoms with Gasteiger partial charge in [0.15, 0.2) is 0 Å². The van der Waals surface area contributed by atoms with Gasteiger partial charge in [0.05, 0.1) is 0 Å². The summed E-state index contributed by atoms with van der Waals surface area (Å²) in [6.07, 6.45) is 0. The fourth-order valence-corrected chi connectivity index (χ4v) is 0. The van der Waals surface area contributed by atoms with Crippen molar-refractivity contribution in [2.24, 2.45) is 0 Å². The van der Waals surface area contributed by atoms with Crippen LogP contribution in [0.25, 0.3) is 0 Å². The van der Waals surface area contributed by atoms with Crippen molar-refractivity contribution in [3.05, 3.63) is 0 Å². The Kier molecular flexibility index (Phi) is 247. The van der Waals surface area contributed by atoms with Crippen molar-refractivity contribution in [3.63, 3.8) is 0 Å². The predicted octanol–water partition coefficient (Wildman–Crippen LogP) is -0.943. The fraction of sp³-hybridized carbons (Fsp3) is 0. The minimum absolute atomic E-state index is 0. The van der Waals surface area contributed by atoms with Crippen molar-refractivity contribution in [2.45, 2.75) is 0 Å². The van der Waals surface area contributed by atoms with Gasteiger partial charge >= 0.3 is 79.0 Å². The monoisotopic (exact) mass is 393 g/mol. The van der Waals surface area contributed by atoms with E-state index in [9.17, 15) is 0 Å². The zero-order chi connectivity index (χ0) is 0. The van der Waals surface area contributed by atoms with Crippen molar-refractivity contribution >= 4 is 65.2 Å². The standard InChI is InChI=1S/Cd.2In.H2O.S/h;;;1H2;/q+2;2*+3;;-2/p-1. The van der Waals surface area contributed by atoms with E-state index in [2.05, 4.69) is 0 Å².